The van der Waals surface area contributed by atoms with Gasteiger partial charge in [0.15, 0.2) is 5.96 Å². The van der Waals surface area contributed by atoms with Crippen LogP contribution in [0.25, 0.3) is 0 Å². The fourth-order valence-electron chi connectivity index (χ4n) is 3.53. The van der Waals surface area contributed by atoms with Crippen LogP contribution in [0.4, 0.5) is 0 Å². The number of guanidine groups is 1. The molecule has 1 aromatic carbocycles. The van der Waals surface area contributed by atoms with Crippen molar-refractivity contribution >= 4 is 11.9 Å². The molecular formula is C21H32N4O2. The molecule has 3 rings (SSSR count). The number of morpholine rings is 1. The monoisotopic (exact) mass is 372 g/mol. The highest BCUT2D eigenvalue weighted by Gasteiger charge is 2.25. The van der Waals surface area contributed by atoms with Gasteiger partial charge < -0.3 is 20.3 Å². The third-order valence-corrected chi connectivity index (χ3v) is 5.16. The minimum Gasteiger partial charge on any atom is -0.370 e. The summed E-state index contributed by atoms with van der Waals surface area (Å²) in [6, 6.07) is 6.96. The molecule has 2 N–H and O–H groups in total. The van der Waals surface area contributed by atoms with Crippen LogP contribution in [-0.4, -0.2) is 56.1 Å². The lowest BCUT2D eigenvalue weighted by Crippen LogP contribution is -2.48. The highest BCUT2D eigenvalue weighted by molar-refractivity contribution is 5.80. The summed E-state index contributed by atoms with van der Waals surface area (Å²) in [4.78, 5) is 18.4. The zero-order valence-corrected chi connectivity index (χ0v) is 16.8. The van der Waals surface area contributed by atoms with Crippen molar-refractivity contribution in [3.8, 4) is 0 Å². The van der Waals surface area contributed by atoms with Crippen molar-refractivity contribution in [2.24, 2.45) is 4.99 Å². The number of nitrogens with one attached hydrogen (secondary N) is 2. The lowest BCUT2D eigenvalue weighted by atomic mass is 10.00. The van der Waals surface area contributed by atoms with Crippen LogP contribution in [0, 0.1) is 13.8 Å². The van der Waals surface area contributed by atoms with Gasteiger partial charge in [-0.2, -0.15) is 0 Å². The molecule has 1 saturated heterocycles. The number of ether oxygens (including phenoxy) is 1. The molecule has 0 bridgehead atoms. The molecule has 0 radical (unpaired) electrons. The summed E-state index contributed by atoms with van der Waals surface area (Å²) in [5, 5.41) is 6.43. The Kier molecular flexibility index (Phi) is 6.72. The van der Waals surface area contributed by atoms with Crippen molar-refractivity contribution in [1.82, 2.24) is 15.5 Å². The molecule has 148 valence electrons. The zero-order chi connectivity index (χ0) is 19.2. The Morgan fingerprint density at radius 1 is 1.33 bits per heavy atom. The van der Waals surface area contributed by atoms with Crippen molar-refractivity contribution < 1.29 is 9.53 Å². The van der Waals surface area contributed by atoms with E-state index in [9.17, 15) is 4.79 Å². The molecule has 1 saturated carbocycles. The predicted molar refractivity (Wildman–Crippen MR) is 108 cm³/mol. The fraction of sp³-hybridized carbons (Fsp3) is 0.619. The summed E-state index contributed by atoms with van der Waals surface area (Å²) in [6.45, 7) is 7.29. The van der Waals surface area contributed by atoms with Gasteiger partial charge in [0.25, 0.3) is 0 Å². The van der Waals surface area contributed by atoms with Crippen LogP contribution in [0.3, 0.4) is 0 Å². The Morgan fingerprint density at radius 2 is 2.15 bits per heavy atom. The first-order chi connectivity index (χ1) is 13.1. The number of benzene rings is 1. The van der Waals surface area contributed by atoms with E-state index < -0.39 is 0 Å². The summed E-state index contributed by atoms with van der Waals surface area (Å²) >= 11 is 0. The number of carbonyl (C=O) groups is 1. The van der Waals surface area contributed by atoms with Gasteiger partial charge in [-0.3, -0.25) is 9.79 Å². The summed E-state index contributed by atoms with van der Waals surface area (Å²) in [5.74, 6) is 1.05. The Morgan fingerprint density at radius 3 is 2.85 bits per heavy atom. The topological polar surface area (TPSA) is 66.0 Å². The number of aryl methyl sites for hydroxylation is 2. The fourth-order valence-corrected chi connectivity index (χ4v) is 3.53. The van der Waals surface area contributed by atoms with Crippen LogP contribution in [0.2, 0.25) is 0 Å². The molecule has 1 atom stereocenters. The molecular weight excluding hydrogens is 340 g/mol. The van der Waals surface area contributed by atoms with Crippen molar-refractivity contribution in [3.05, 3.63) is 34.9 Å². The van der Waals surface area contributed by atoms with Crippen LogP contribution < -0.4 is 10.6 Å². The molecule has 0 spiro atoms. The van der Waals surface area contributed by atoms with E-state index in [1.54, 1.807) is 0 Å². The summed E-state index contributed by atoms with van der Waals surface area (Å²) in [5.41, 5.74) is 3.79. The second-order valence-corrected chi connectivity index (χ2v) is 7.58. The number of hydrogen-bond acceptors (Lipinski definition) is 3. The summed E-state index contributed by atoms with van der Waals surface area (Å²) in [7, 11) is 1.81. The van der Waals surface area contributed by atoms with Gasteiger partial charge in [-0.05, 0) is 44.2 Å². The molecule has 27 heavy (non-hydrogen) atoms. The molecule has 1 unspecified atom stereocenters. The van der Waals surface area contributed by atoms with Crippen LogP contribution in [0.1, 0.15) is 48.5 Å². The van der Waals surface area contributed by atoms with Gasteiger partial charge in [-0.25, -0.2) is 0 Å². The molecule has 1 amide bonds. The third-order valence-electron chi connectivity index (χ3n) is 5.16. The molecule has 6 nitrogen and oxygen atoms in total. The third kappa shape index (κ3) is 5.70. The van der Waals surface area contributed by atoms with Gasteiger partial charge >= 0.3 is 0 Å². The smallest absolute Gasteiger partial charge is 0.220 e. The lowest BCUT2D eigenvalue weighted by Gasteiger charge is -2.35. The summed E-state index contributed by atoms with van der Waals surface area (Å²) in [6.07, 6.45) is 3.70. The van der Waals surface area contributed by atoms with E-state index in [2.05, 4.69) is 52.6 Å². The van der Waals surface area contributed by atoms with E-state index >= 15 is 0 Å². The summed E-state index contributed by atoms with van der Waals surface area (Å²) < 4.78 is 6.03. The Balaban J connectivity index is 1.48. The number of hydrogen-bond donors (Lipinski definition) is 2. The van der Waals surface area contributed by atoms with Crippen molar-refractivity contribution in [2.75, 3.05) is 33.3 Å². The minimum absolute atomic E-state index is 0.0576. The van der Waals surface area contributed by atoms with Crippen molar-refractivity contribution in [2.45, 2.75) is 51.7 Å². The van der Waals surface area contributed by atoms with E-state index in [1.807, 2.05) is 7.05 Å². The van der Waals surface area contributed by atoms with Gasteiger partial charge in [-0.1, -0.05) is 23.8 Å². The molecule has 1 aromatic rings. The SMILES string of the molecule is CN=C(NCCCC(=O)NC1CC1)N1CCOC(c2ccc(C)cc2C)C1. The average molecular weight is 373 g/mol. The van der Waals surface area contributed by atoms with E-state index in [0.29, 0.717) is 19.1 Å². The maximum atomic E-state index is 11.8. The van der Waals surface area contributed by atoms with Gasteiger partial charge in [0.1, 0.15) is 6.10 Å². The van der Waals surface area contributed by atoms with Gasteiger partial charge in [0.2, 0.25) is 5.91 Å². The molecule has 0 aromatic heterocycles. The first-order valence-corrected chi connectivity index (χ1v) is 10.0. The number of amides is 1. The molecule has 6 heteroatoms. The lowest BCUT2D eigenvalue weighted by molar-refractivity contribution is -0.121. The van der Waals surface area contributed by atoms with E-state index in [4.69, 9.17) is 4.74 Å². The standard InChI is InChI=1S/C21H32N4O2/c1-15-6-9-18(16(2)13-15)19-14-25(11-12-27-19)21(22-3)23-10-4-5-20(26)24-17-7-8-17/h6,9,13,17,19H,4-5,7-8,10-12,14H2,1-3H3,(H,22,23)(H,24,26). The first kappa shape index (κ1) is 19.7. The van der Waals surface area contributed by atoms with Crippen LogP contribution in [-0.2, 0) is 9.53 Å². The molecule has 1 aliphatic carbocycles. The molecule has 1 heterocycles. The maximum absolute atomic E-state index is 11.8. The van der Waals surface area contributed by atoms with Crippen LogP contribution in [0.15, 0.2) is 23.2 Å². The molecule has 2 aliphatic rings. The number of carbonyl (C=O) groups excluding carboxylic acids is 1. The largest absolute Gasteiger partial charge is 0.370 e. The van der Waals surface area contributed by atoms with Crippen LogP contribution in [0.5, 0.6) is 0 Å². The Labute approximate surface area is 162 Å². The Hall–Kier alpha value is -2.08. The van der Waals surface area contributed by atoms with E-state index in [1.165, 1.54) is 16.7 Å². The zero-order valence-electron chi connectivity index (χ0n) is 16.8. The van der Waals surface area contributed by atoms with Gasteiger partial charge in [-0.15, -0.1) is 0 Å². The first-order valence-electron chi connectivity index (χ1n) is 10.0. The molecule has 1 aliphatic heterocycles. The van der Waals surface area contributed by atoms with Gasteiger partial charge in [0.05, 0.1) is 13.2 Å². The van der Waals surface area contributed by atoms with E-state index in [0.717, 1.165) is 44.9 Å². The predicted octanol–water partition coefficient (Wildman–Crippen LogP) is 2.31. The van der Waals surface area contributed by atoms with Crippen molar-refractivity contribution in [1.29, 1.82) is 0 Å². The second-order valence-electron chi connectivity index (χ2n) is 7.58. The second kappa shape index (κ2) is 9.22. The van der Waals surface area contributed by atoms with E-state index in [-0.39, 0.29) is 12.0 Å². The normalized spacial score (nSPS) is 20.5. The van der Waals surface area contributed by atoms with Crippen LogP contribution >= 0.6 is 0 Å². The number of rotatable bonds is 6. The molecule has 2 fully saturated rings. The Bertz CT molecular complexity index is 685. The number of nitrogens with zero attached hydrogens (tertiary/aromatic N) is 2. The number of aliphatic imine (C=N–C) groups is 1. The average Bonchev–Trinajstić information content (AvgIpc) is 3.46. The highest BCUT2D eigenvalue weighted by Crippen LogP contribution is 2.26. The quantitative estimate of drug-likeness (QED) is 0.457. The minimum atomic E-state index is 0.0576. The van der Waals surface area contributed by atoms with Crippen molar-refractivity contribution in [3.63, 3.8) is 0 Å². The van der Waals surface area contributed by atoms with Gasteiger partial charge in [0, 0.05) is 32.6 Å². The maximum Gasteiger partial charge on any atom is 0.220 e. The highest BCUT2D eigenvalue weighted by atomic mass is 16.5.